The van der Waals surface area contributed by atoms with Gasteiger partial charge in [0.1, 0.15) is 12.4 Å². The molecule has 1 N–H and O–H groups in total. The number of carbonyl (C=O) groups is 2. The van der Waals surface area contributed by atoms with Gasteiger partial charge in [-0.1, -0.05) is 42.5 Å². The Kier molecular flexibility index (Phi) is 4.74. The van der Waals surface area contributed by atoms with Crippen LogP contribution in [-0.2, 0) is 27.4 Å². The van der Waals surface area contributed by atoms with E-state index in [1.807, 2.05) is 54.6 Å². The monoisotopic (exact) mass is 340 g/mol. The number of esters is 1. The molecule has 0 radical (unpaired) electrons. The summed E-state index contributed by atoms with van der Waals surface area (Å²) in [6.45, 7) is 0.480. The molecule has 1 saturated carbocycles. The molecule has 2 aromatic carbocycles. The van der Waals surface area contributed by atoms with E-state index in [1.165, 1.54) is 7.11 Å². The van der Waals surface area contributed by atoms with Gasteiger partial charge in [0.25, 0.3) is 0 Å². The van der Waals surface area contributed by atoms with Crippen LogP contribution in [0.5, 0.6) is 5.75 Å². The molecule has 0 spiro atoms. The van der Waals surface area contributed by atoms with E-state index in [1.54, 1.807) is 0 Å². The van der Waals surface area contributed by atoms with Crippen molar-refractivity contribution in [3.05, 3.63) is 65.7 Å². The number of carbonyl (C=O) groups excluding carboxylic acids is 1. The Bertz CT molecular complexity index is 753. The maximum absolute atomic E-state index is 12.0. The molecule has 3 rings (SSSR count). The topological polar surface area (TPSA) is 72.8 Å². The zero-order valence-corrected chi connectivity index (χ0v) is 14.0. The number of ether oxygens (including phenoxy) is 2. The molecule has 1 fully saturated rings. The van der Waals surface area contributed by atoms with Crippen molar-refractivity contribution in [2.24, 2.45) is 11.3 Å². The number of aliphatic carboxylic acids is 1. The van der Waals surface area contributed by atoms with Gasteiger partial charge in [0.05, 0.1) is 18.4 Å². The lowest BCUT2D eigenvalue weighted by atomic mass is 9.94. The highest BCUT2D eigenvalue weighted by Gasteiger charge is 2.64. The van der Waals surface area contributed by atoms with Crippen LogP contribution in [-0.4, -0.2) is 24.2 Å². The van der Waals surface area contributed by atoms with Crippen molar-refractivity contribution in [3.63, 3.8) is 0 Å². The lowest BCUT2D eigenvalue weighted by Crippen LogP contribution is -2.25. The van der Waals surface area contributed by atoms with Crippen LogP contribution in [0.15, 0.2) is 54.6 Å². The first-order chi connectivity index (χ1) is 12.0. The Labute approximate surface area is 146 Å². The molecule has 2 aromatic rings. The van der Waals surface area contributed by atoms with E-state index in [0.29, 0.717) is 19.4 Å². The first-order valence-corrected chi connectivity index (χ1v) is 8.12. The summed E-state index contributed by atoms with van der Waals surface area (Å²) in [6.07, 6.45) is 0.677. The minimum absolute atomic E-state index is 0.321. The van der Waals surface area contributed by atoms with Gasteiger partial charge in [-0.2, -0.15) is 0 Å². The fourth-order valence-corrected chi connectivity index (χ4v) is 3.13. The van der Waals surface area contributed by atoms with Gasteiger partial charge in [0.2, 0.25) is 0 Å². The second-order valence-electron chi connectivity index (χ2n) is 6.34. The molecule has 2 atom stereocenters. The molecular weight excluding hydrogens is 320 g/mol. The second-order valence-corrected chi connectivity index (χ2v) is 6.34. The van der Waals surface area contributed by atoms with Crippen molar-refractivity contribution in [2.75, 3.05) is 7.11 Å². The largest absolute Gasteiger partial charge is 0.489 e. The Morgan fingerprint density at radius 3 is 2.32 bits per heavy atom. The van der Waals surface area contributed by atoms with Crippen molar-refractivity contribution in [3.8, 4) is 5.75 Å². The van der Waals surface area contributed by atoms with Crippen molar-refractivity contribution < 1.29 is 24.2 Å². The smallest absolute Gasteiger partial charge is 0.313 e. The molecule has 0 saturated heterocycles. The summed E-state index contributed by atoms with van der Waals surface area (Å²) in [4.78, 5) is 23.3. The summed E-state index contributed by atoms with van der Waals surface area (Å²) in [5, 5.41) is 9.21. The minimum Gasteiger partial charge on any atom is -0.489 e. The zero-order chi connectivity index (χ0) is 17.9. The number of rotatable bonds is 7. The van der Waals surface area contributed by atoms with E-state index >= 15 is 0 Å². The summed E-state index contributed by atoms with van der Waals surface area (Å²) in [5.74, 6) is -1.35. The molecule has 1 aliphatic carbocycles. The summed E-state index contributed by atoms with van der Waals surface area (Å²) < 4.78 is 10.5. The van der Waals surface area contributed by atoms with E-state index in [-0.39, 0.29) is 0 Å². The fraction of sp³-hybridized carbons (Fsp3) is 0.300. The first-order valence-electron chi connectivity index (χ1n) is 8.12. The van der Waals surface area contributed by atoms with Gasteiger partial charge in [-0.3, -0.25) is 9.59 Å². The Morgan fingerprint density at radius 1 is 1.08 bits per heavy atom. The normalized spacial score (nSPS) is 21.4. The van der Waals surface area contributed by atoms with Crippen LogP contribution >= 0.6 is 0 Å². The van der Waals surface area contributed by atoms with Crippen molar-refractivity contribution in [2.45, 2.75) is 19.4 Å². The quantitative estimate of drug-likeness (QED) is 0.784. The molecule has 5 heteroatoms. The summed E-state index contributed by atoms with van der Waals surface area (Å²) in [5.41, 5.74) is 1.03. The van der Waals surface area contributed by atoms with Gasteiger partial charge in [-0.25, -0.2) is 0 Å². The van der Waals surface area contributed by atoms with Gasteiger partial charge in [0.15, 0.2) is 0 Å². The molecule has 1 aliphatic rings. The fourth-order valence-electron chi connectivity index (χ4n) is 3.13. The van der Waals surface area contributed by atoms with E-state index in [2.05, 4.69) is 0 Å². The minimum atomic E-state index is -0.951. The summed E-state index contributed by atoms with van der Waals surface area (Å²) in [7, 11) is 1.29. The van der Waals surface area contributed by atoms with Crippen molar-refractivity contribution in [1.82, 2.24) is 0 Å². The van der Waals surface area contributed by atoms with Crippen LogP contribution < -0.4 is 4.74 Å². The van der Waals surface area contributed by atoms with Crippen molar-refractivity contribution >= 4 is 11.9 Å². The van der Waals surface area contributed by atoms with Gasteiger partial charge in [0, 0.05) is 0 Å². The SMILES string of the molecule is COC(=O)[C@@]1(Cc2ccc(OCc3ccccc3)cc2)C[C@@H]1C(=O)O. The number of benzene rings is 2. The van der Waals surface area contributed by atoms with Gasteiger partial charge >= 0.3 is 11.9 Å². The lowest BCUT2D eigenvalue weighted by molar-refractivity contribution is -0.151. The number of carboxylic acids is 1. The molecular formula is C20H20O5. The third-order valence-corrected chi connectivity index (χ3v) is 4.66. The number of methoxy groups -OCH3 is 1. The molecule has 0 heterocycles. The average Bonchev–Trinajstić information content (AvgIpc) is 3.37. The molecule has 0 aliphatic heterocycles. The van der Waals surface area contributed by atoms with Crippen LogP contribution in [0.4, 0.5) is 0 Å². The van der Waals surface area contributed by atoms with Crippen LogP contribution in [0.25, 0.3) is 0 Å². The van der Waals surface area contributed by atoms with E-state index in [4.69, 9.17) is 9.47 Å². The predicted octanol–water partition coefficient (Wildman–Crippen LogP) is 3.07. The van der Waals surface area contributed by atoms with E-state index < -0.39 is 23.3 Å². The highest BCUT2D eigenvalue weighted by molar-refractivity contribution is 5.90. The van der Waals surface area contributed by atoms with Crippen LogP contribution in [0, 0.1) is 11.3 Å². The van der Waals surface area contributed by atoms with E-state index in [0.717, 1.165) is 16.9 Å². The molecule has 0 bridgehead atoms. The predicted molar refractivity (Wildman–Crippen MR) is 91.1 cm³/mol. The molecule has 25 heavy (non-hydrogen) atoms. The maximum Gasteiger partial charge on any atom is 0.313 e. The third kappa shape index (κ3) is 3.65. The highest BCUT2D eigenvalue weighted by Crippen LogP contribution is 2.55. The lowest BCUT2D eigenvalue weighted by Gasteiger charge is -2.14. The van der Waals surface area contributed by atoms with Crippen LogP contribution in [0.1, 0.15) is 17.5 Å². The Morgan fingerprint density at radius 2 is 1.76 bits per heavy atom. The second kappa shape index (κ2) is 6.97. The molecule has 5 nitrogen and oxygen atoms in total. The first kappa shape index (κ1) is 17.0. The van der Waals surface area contributed by atoms with Crippen molar-refractivity contribution in [1.29, 1.82) is 0 Å². The van der Waals surface area contributed by atoms with Gasteiger partial charge < -0.3 is 14.6 Å². The maximum atomic E-state index is 12.0. The number of hydrogen-bond acceptors (Lipinski definition) is 4. The Hall–Kier alpha value is -2.82. The number of carboxylic acid groups (broad SMARTS) is 1. The van der Waals surface area contributed by atoms with Gasteiger partial charge in [-0.05, 0) is 36.1 Å². The van der Waals surface area contributed by atoms with E-state index in [9.17, 15) is 14.7 Å². The molecule has 0 unspecified atom stereocenters. The zero-order valence-electron chi connectivity index (χ0n) is 14.0. The highest BCUT2D eigenvalue weighted by atomic mass is 16.5. The summed E-state index contributed by atoms with van der Waals surface area (Å²) >= 11 is 0. The standard InChI is InChI=1S/C20H20O5/c1-24-19(23)20(12-17(20)18(21)22)11-14-7-9-16(10-8-14)25-13-15-5-3-2-4-6-15/h2-10,17H,11-13H2,1H3,(H,21,22)/t17-,20+/m1/s1. The molecule has 0 amide bonds. The third-order valence-electron chi connectivity index (χ3n) is 4.66. The Balaban J connectivity index is 1.64. The number of hydrogen-bond donors (Lipinski definition) is 1. The summed E-state index contributed by atoms with van der Waals surface area (Å²) in [6, 6.07) is 17.3. The molecule has 0 aromatic heterocycles. The van der Waals surface area contributed by atoms with Gasteiger partial charge in [-0.15, -0.1) is 0 Å². The molecule has 130 valence electrons. The van der Waals surface area contributed by atoms with Crippen LogP contribution in [0.2, 0.25) is 0 Å². The average molecular weight is 340 g/mol. The van der Waals surface area contributed by atoms with Crippen LogP contribution in [0.3, 0.4) is 0 Å².